The van der Waals surface area contributed by atoms with Crippen LogP contribution in [0.15, 0.2) is 30.5 Å². The zero-order valence-electron chi connectivity index (χ0n) is 10.8. The van der Waals surface area contributed by atoms with E-state index in [0.717, 1.165) is 21.9 Å². The van der Waals surface area contributed by atoms with E-state index in [0.29, 0.717) is 0 Å². The highest BCUT2D eigenvalue weighted by Gasteiger charge is 2.24. The Morgan fingerprint density at radius 2 is 2.06 bits per heavy atom. The average Bonchev–Trinajstić information content (AvgIpc) is 2.37. The fourth-order valence-electron chi connectivity index (χ4n) is 1.78. The summed E-state index contributed by atoms with van der Waals surface area (Å²) < 4.78 is 0. The first-order chi connectivity index (χ1) is 8.45. The molecule has 1 heterocycles. The molecule has 96 valence electrons. The molecule has 0 fully saturated rings. The van der Waals surface area contributed by atoms with Crippen LogP contribution in [0.4, 0.5) is 5.82 Å². The maximum absolute atomic E-state index is 9.64. The van der Waals surface area contributed by atoms with Crippen LogP contribution in [0.1, 0.15) is 13.8 Å². The number of pyridine rings is 1. The van der Waals surface area contributed by atoms with Gasteiger partial charge in [0.1, 0.15) is 11.6 Å². The number of aromatic hydroxyl groups is 1. The lowest BCUT2D eigenvalue weighted by atomic mass is 10.1. The van der Waals surface area contributed by atoms with Gasteiger partial charge in [0.25, 0.3) is 0 Å². The predicted molar refractivity (Wildman–Crippen MR) is 79.7 cm³/mol. The molecule has 4 heteroatoms. The molecule has 0 saturated heterocycles. The van der Waals surface area contributed by atoms with Gasteiger partial charge >= 0.3 is 0 Å². The SMILES string of the molecule is CN(c1nccc2ccc(O)cc12)C(C)(C)CBr. The number of anilines is 1. The van der Waals surface area contributed by atoms with Crippen molar-refractivity contribution in [1.82, 2.24) is 4.98 Å². The van der Waals surface area contributed by atoms with Gasteiger partial charge in [-0.25, -0.2) is 4.98 Å². The van der Waals surface area contributed by atoms with E-state index in [2.05, 4.69) is 39.7 Å². The predicted octanol–water partition coefficient (Wildman–Crippen LogP) is 3.55. The fraction of sp³-hybridized carbons (Fsp3) is 0.357. The minimum atomic E-state index is -0.0489. The summed E-state index contributed by atoms with van der Waals surface area (Å²) >= 11 is 3.53. The van der Waals surface area contributed by atoms with Crippen LogP contribution < -0.4 is 4.90 Å². The van der Waals surface area contributed by atoms with Gasteiger partial charge in [0.05, 0.1) is 0 Å². The van der Waals surface area contributed by atoms with E-state index in [1.165, 1.54) is 0 Å². The van der Waals surface area contributed by atoms with Crippen LogP contribution in [0, 0.1) is 0 Å². The maximum atomic E-state index is 9.64. The smallest absolute Gasteiger partial charge is 0.136 e. The molecular formula is C14H17BrN2O. The zero-order chi connectivity index (χ0) is 13.3. The number of fused-ring (bicyclic) bond motifs is 1. The number of alkyl halides is 1. The maximum Gasteiger partial charge on any atom is 0.136 e. The lowest BCUT2D eigenvalue weighted by molar-refractivity contribution is 0.476. The Labute approximate surface area is 116 Å². The van der Waals surface area contributed by atoms with Gasteiger partial charge in [-0.2, -0.15) is 0 Å². The van der Waals surface area contributed by atoms with E-state index in [1.807, 2.05) is 19.2 Å². The van der Waals surface area contributed by atoms with Crippen molar-refractivity contribution in [3.63, 3.8) is 0 Å². The normalized spacial score (nSPS) is 11.8. The molecule has 0 aliphatic heterocycles. The molecule has 1 N–H and O–H groups in total. The van der Waals surface area contributed by atoms with Gasteiger partial charge in [-0.3, -0.25) is 0 Å². The lowest BCUT2D eigenvalue weighted by Crippen LogP contribution is -2.43. The second-order valence-corrected chi connectivity index (χ2v) is 5.61. The van der Waals surface area contributed by atoms with Gasteiger partial charge in [-0.15, -0.1) is 0 Å². The molecule has 0 unspecified atom stereocenters. The van der Waals surface area contributed by atoms with Gasteiger partial charge in [0.15, 0.2) is 0 Å². The highest BCUT2D eigenvalue weighted by Crippen LogP contribution is 2.31. The third-order valence-electron chi connectivity index (χ3n) is 3.28. The van der Waals surface area contributed by atoms with Crippen molar-refractivity contribution >= 4 is 32.5 Å². The molecule has 2 aromatic rings. The minimum absolute atomic E-state index is 0.0489. The van der Waals surface area contributed by atoms with Crippen molar-refractivity contribution in [1.29, 1.82) is 0 Å². The van der Waals surface area contributed by atoms with Gasteiger partial charge < -0.3 is 10.0 Å². The third kappa shape index (κ3) is 2.29. The molecule has 0 amide bonds. The van der Waals surface area contributed by atoms with Crippen LogP contribution >= 0.6 is 15.9 Å². The Balaban J connectivity index is 2.60. The molecular weight excluding hydrogens is 292 g/mol. The second kappa shape index (κ2) is 4.76. The first kappa shape index (κ1) is 13.1. The molecule has 0 atom stereocenters. The standard InChI is InChI=1S/C14H17BrN2O/c1-14(2,9-15)17(3)13-12-8-11(18)5-4-10(12)6-7-16-13/h4-8,18H,9H2,1-3H3. The number of rotatable bonds is 3. The van der Waals surface area contributed by atoms with Crippen molar-refractivity contribution in [3.05, 3.63) is 30.5 Å². The largest absolute Gasteiger partial charge is 0.508 e. The number of phenolic OH excluding ortho intramolecular Hbond substituents is 1. The number of hydrogen-bond donors (Lipinski definition) is 1. The number of benzene rings is 1. The van der Waals surface area contributed by atoms with Gasteiger partial charge in [0.2, 0.25) is 0 Å². The highest BCUT2D eigenvalue weighted by molar-refractivity contribution is 9.09. The quantitative estimate of drug-likeness (QED) is 0.881. The molecule has 18 heavy (non-hydrogen) atoms. The van der Waals surface area contributed by atoms with E-state index >= 15 is 0 Å². The van der Waals surface area contributed by atoms with Crippen LogP contribution in [0.25, 0.3) is 10.8 Å². The minimum Gasteiger partial charge on any atom is -0.508 e. The van der Waals surface area contributed by atoms with Crippen LogP contribution in [-0.4, -0.2) is 28.0 Å². The summed E-state index contributed by atoms with van der Waals surface area (Å²) in [5.41, 5.74) is -0.0489. The molecule has 0 aliphatic rings. The molecule has 0 aliphatic carbocycles. The van der Waals surface area contributed by atoms with E-state index in [4.69, 9.17) is 0 Å². The van der Waals surface area contributed by atoms with E-state index in [-0.39, 0.29) is 11.3 Å². The van der Waals surface area contributed by atoms with Crippen LogP contribution in [0.3, 0.4) is 0 Å². The molecule has 0 spiro atoms. The molecule has 3 nitrogen and oxygen atoms in total. The van der Waals surface area contributed by atoms with Crippen molar-refractivity contribution in [2.45, 2.75) is 19.4 Å². The van der Waals surface area contributed by atoms with Crippen LogP contribution in [-0.2, 0) is 0 Å². The first-order valence-electron chi connectivity index (χ1n) is 5.83. The Morgan fingerprint density at radius 1 is 1.33 bits per heavy atom. The molecule has 2 rings (SSSR count). The Kier molecular flexibility index (Phi) is 3.48. The van der Waals surface area contributed by atoms with Crippen molar-refractivity contribution in [2.75, 3.05) is 17.3 Å². The topological polar surface area (TPSA) is 36.4 Å². The van der Waals surface area contributed by atoms with E-state index < -0.39 is 0 Å². The Hall–Kier alpha value is -1.29. The highest BCUT2D eigenvalue weighted by atomic mass is 79.9. The zero-order valence-corrected chi connectivity index (χ0v) is 12.4. The summed E-state index contributed by atoms with van der Waals surface area (Å²) in [7, 11) is 2.02. The second-order valence-electron chi connectivity index (χ2n) is 5.05. The number of halogens is 1. The number of hydrogen-bond acceptors (Lipinski definition) is 3. The Bertz CT molecular complexity index is 569. The molecule has 0 saturated carbocycles. The number of nitrogens with zero attached hydrogens (tertiary/aromatic N) is 2. The number of phenols is 1. The van der Waals surface area contributed by atoms with Crippen LogP contribution in [0.2, 0.25) is 0 Å². The number of aromatic nitrogens is 1. The summed E-state index contributed by atoms with van der Waals surface area (Å²) in [5, 5.41) is 12.5. The van der Waals surface area contributed by atoms with Crippen LogP contribution in [0.5, 0.6) is 5.75 Å². The monoisotopic (exact) mass is 308 g/mol. The summed E-state index contributed by atoms with van der Waals surface area (Å²) in [6.45, 7) is 4.29. The van der Waals surface area contributed by atoms with Gasteiger partial charge in [0, 0.05) is 29.5 Å². The fourth-order valence-corrected chi connectivity index (χ4v) is 2.16. The summed E-state index contributed by atoms with van der Waals surface area (Å²) in [6, 6.07) is 7.32. The van der Waals surface area contributed by atoms with Crippen molar-refractivity contribution in [2.24, 2.45) is 0 Å². The Morgan fingerprint density at radius 3 is 2.72 bits per heavy atom. The summed E-state index contributed by atoms with van der Waals surface area (Å²) in [4.78, 5) is 6.58. The van der Waals surface area contributed by atoms with E-state index in [9.17, 15) is 5.11 Å². The van der Waals surface area contributed by atoms with Gasteiger partial charge in [-0.05, 0) is 37.4 Å². The lowest BCUT2D eigenvalue weighted by Gasteiger charge is -2.35. The molecule has 0 radical (unpaired) electrons. The average molecular weight is 309 g/mol. The summed E-state index contributed by atoms with van der Waals surface area (Å²) in [6.07, 6.45) is 1.80. The molecule has 1 aromatic heterocycles. The van der Waals surface area contributed by atoms with Crippen molar-refractivity contribution < 1.29 is 5.11 Å². The first-order valence-corrected chi connectivity index (χ1v) is 6.95. The molecule has 1 aromatic carbocycles. The van der Waals surface area contributed by atoms with Gasteiger partial charge in [-0.1, -0.05) is 22.0 Å². The van der Waals surface area contributed by atoms with E-state index in [1.54, 1.807) is 18.3 Å². The summed E-state index contributed by atoms with van der Waals surface area (Å²) in [5.74, 6) is 1.15. The van der Waals surface area contributed by atoms with Crippen molar-refractivity contribution in [3.8, 4) is 5.75 Å². The third-order valence-corrected chi connectivity index (χ3v) is 4.65. The molecule has 0 bridgehead atoms.